The minimum atomic E-state index is -0.282. The zero-order valence-electron chi connectivity index (χ0n) is 16.2. The van der Waals surface area contributed by atoms with Crippen LogP contribution in [0.2, 0.25) is 0 Å². The van der Waals surface area contributed by atoms with Gasteiger partial charge in [-0.2, -0.15) is 4.98 Å². The third-order valence-corrected chi connectivity index (χ3v) is 6.67. The standard InChI is InChI=1S/C21H20FN5OS/c1-12-13(2)29-21-17(12)19(23-11-24-21)27-9-3-4-15(10-27)20-25-18(26-28-20)14-5-7-16(22)8-6-14/h5-8,11,15H,3-4,9-10H2,1-2H3. The lowest BCUT2D eigenvalue weighted by molar-refractivity contribution is 0.333. The number of thiophene rings is 1. The second-order valence-corrected chi connectivity index (χ2v) is 8.61. The van der Waals surface area contributed by atoms with Crippen molar-refractivity contribution in [3.63, 3.8) is 0 Å². The molecule has 0 radical (unpaired) electrons. The van der Waals surface area contributed by atoms with E-state index < -0.39 is 0 Å². The highest BCUT2D eigenvalue weighted by Crippen LogP contribution is 2.37. The minimum Gasteiger partial charge on any atom is -0.355 e. The fraction of sp³-hybridized carbons (Fsp3) is 0.333. The predicted molar refractivity (Wildman–Crippen MR) is 111 cm³/mol. The second-order valence-electron chi connectivity index (χ2n) is 7.41. The van der Waals surface area contributed by atoms with Gasteiger partial charge in [-0.3, -0.25) is 0 Å². The summed E-state index contributed by atoms with van der Waals surface area (Å²) >= 11 is 1.71. The molecule has 0 amide bonds. The van der Waals surface area contributed by atoms with Gasteiger partial charge in [0.05, 0.1) is 11.3 Å². The number of aryl methyl sites for hydroxylation is 2. The summed E-state index contributed by atoms with van der Waals surface area (Å²) in [5.41, 5.74) is 2.00. The molecule has 8 heteroatoms. The Bertz CT molecular complexity index is 1170. The van der Waals surface area contributed by atoms with Crippen molar-refractivity contribution in [1.29, 1.82) is 0 Å². The van der Waals surface area contributed by atoms with Crippen LogP contribution in [-0.4, -0.2) is 33.2 Å². The maximum Gasteiger partial charge on any atom is 0.231 e. The van der Waals surface area contributed by atoms with E-state index in [9.17, 15) is 4.39 Å². The first-order chi connectivity index (χ1) is 14.1. The molecule has 3 aromatic heterocycles. The Balaban J connectivity index is 1.43. The first-order valence-electron chi connectivity index (χ1n) is 9.65. The van der Waals surface area contributed by atoms with E-state index in [4.69, 9.17) is 4.52 Å². The highest BCUT2D eigenvalue weighted by Gasteiger charge is 2.28. The van der Waals surface area contributed by atoms with Gasteiger partial charge >= 0.3 is 0 Å². The highest BCUT2D eigenvalue weighted by atomic mass is 32.1. The van der Waals surface area contributed by atoms with Gasteiger partial charge in [-0.15, -0.1) is 11.3 Å². The molecule has 1 atom stereocenters. The summed E-state index contributed by atoms with van der Waals surface area (Å²) in [6.07, 6.45) is 3.65. The fourth-order valence-electron chi connectivity index (χ4n) is 3.89. The maximum absolute atomic E-state index is 13.2. The number of halogens is 1. The van der Waals surface area contributed by atoms with Crippen LogP contribution in [0.15, 0.2) is 35.1 Å². The Morgan fingerprint density at radius 1 is 1.17 bits per heavy atom. The van der Waals surface area contributed by atoms with Crippen molar-refractivity contribution >= 4 is 27.4 Å². The van der Waals surface area contributed by atoms with Gasteiger partial charge in [0.2, 0.25) is 11.7 Å². The van der Waals surface area contributed by atoms with Gasteiger partial charge in [-0.05, 0) is 56.5 Å². The van der Waals surface area contributed by atoms with Crippen molar-refractivity contribution in [1.82, 2.24) is 20.1 Å². The Kier molecular flexibility index (Phi) is 4.50. The topological polar surface area (TPSA) is 67.9 Å². The molecule has 0 spiro atoms. The van der Waals surface area contributed by atoms with Crippen molar-refractivity contribution in [3.8, 4) is 11.4 Å². The lowest BCUT2D eigenvalue weighted by Gasteiger charge is -2.32. The van der Waals surface area contributed by atoms with E-state index in [0.717, 1.165) is 47.5 Å². The quantitative estimate of drug-likeness (QED) is 0.480. The molecule has 1 aliphatic heterocycles. The first kappa shape index (κ1) is 18.2. The average molecular weight is 409 g/mol. The molecule has 0 aliphatic carbocycles. The van der Waals surface area contributed by atoms with Gasteiger partial charge in [0.15, 0.2) is 0 Å². The largest absolute Gasteiger partial charge is 0.355 e. The number of hydrogen-bond donors (Lipinski definition) is 0. The Labute approximate surface area is 171 Å². The third kappa shape index (κ3) is 3.27. The number of hydrogen-bond acceptors (Lipinski definition) is 7. The van der Waals surface area contributed by atoms with E-state index in [-0.39, 0.29) is 11.7 Å². The summed E-state index contributed by atoms with van der Waals surface area (Å²) in [6.45, 7) is 5.97. The summed E-state index contributed by atoms with van der Waals surface area (Å²) in [7, 11) is 0. The molecular weight excluding hydrogens is 389 g/mol. The number of rotatable bonds is 3. The van der Waals surface area contributed by atoms with Gasteiger partial charge in [0.25, 0.3) is 0 Å². The Morgan fingerprint density at radius 3 is 2.83 bits per heavy atom. The van der Waals surface area contributed by atoms with E-state index in [0.29, 0.717) is 11.7 Å². The minimum absolute atomic E-state index is 0.135. The van der Waals surface area contributed by atoms with Crippen LogP contribution in [0.4, 0.5) is 10.2 Å². The van der Waals surface area contributed by atoms with Crippen LogP contribution in [0, 0.1) is 19.7 Å². The van der Waals surface area contributed by atoms with Crippen LogP contribution < -0.4 is 4.90 Å². The number of benzene rings is 1. The van der Waals surface area contributed by atoms with E-state index in [1.54, 1.807) is 29.8 Å². The molecule has 0 bridgehead atoms. The monoisotopic (exact) mass is 409 g/mol. The molecule has 6 nitrogen and oxygen atoms in total. The number of aromatic nitrogens is 4. The van der Waals surface area contributed by atoms with E-state index in [1.807, 2.05) is 0 Å². The number of piperidine rings is 1. The second kappa shape index (κ2) is 7.18. The van der Waals surface area contributed by atoms with Crippen molar-refractivity contribution in [2.24, 2.45) is 0 Å². The molecule has 29 heavy (non-hydrogen) atoms. The molecule has 1 aliphatic rings. The summed E-state index contributed by atoms with van der Waals surface area (Å²) in [5, 5.41) is 5.25. The maximum atomic E-state index is 13.2. The third-order valence-electron chi connectivity index (χ3n) is 5.56. The molecule has 1 aromatic carbocycles. The van der Waals surface area contributed by atoms with Crippen LogP contribution in [0.5, 0.6) is 0 Å². The molecule has 0 saturated carbocycles. The SMILES string of the molecule is Cc1sc2ncnc(N3CCCC(c4nc(-c5ccc(F)cc5)no4)C3)c2c1C. The van der Waals surface area contributed by atoms with Crippen LogP contribution in [0.3, 0.4) is 0 Å². The van der Waals surface area contributed by atoms with Crippen molar-refractivity contribution in [2.45, 2.75) is 32.6 Å². The van der Waals surface area contributed by atoms with Crippen LogP contribution in [0.25, 0.3) is 21.6 Å². The summed E-state index contributed by atoms with van der Waals surface area (Å²) < 4.78 is 18.7. The summed E-state index contributed by atoms with van der Waals surface area (Å²) in [6, 6.07) is 6.13. The summed E-state index contributed by atoms with van der Waals surface area (Å²) in [5.74, 6) is 1.95. The molecule has 4 aromatic rings. The van der Waals surface area contributed by atoms with Crippen LogP contribution in [0.1, 0.15) is 35.1 Å². The fourth-order valence-corrected chi connectivity index (χ4v) is 4.88. The van der Waals surface area contributed by atoms with E-state index >= 15 is 0 Å². The number of fused-ring (bicyclic) bond motifs is 1. The van der Waals surface area contributed by atoms with E-state index in [2.05, 4.69) is 38.9 Å². The zero-order chi connectivity index (χ0) is 20.0. The van der Waals surface area contributed by atoms with Crippen molar-refractivity contribution in [3.05, 3.63) is 52.7 Å². The average Bonchev–Trinajstić information content (AvgIpc) is 3.34. The Hall–Kier alpha value is -2.87. The van der Waals surface area contributed by atoms with Crippen molar-refractivity contribution < 1.29 is 8.91 Å². The molecule has 4 heterocycles. The molecule has 1 unspecified atom stereocenters. The molecule has 5 rings (SSSR count). The molecule has 1 fully saturated rings. The Morgan fingerprint density at radius 2 is 2.00 bits per heavy atom. The van der Waals surface area contributed by atoms with Gasteiger partial charge < -0.3 is 9.42 Å². The molecule has 1 saturated heterocycles. The summed E-state index contributed by atoms with van der Waals surface area (Å²) in [4.78, 5) is 18.3. The lowest BCUT2D eigenvalue weighted by Crippen LogP contribution is -2.35. The molecule has 148 valence electrons. The smallest absolute Gasteiger partial charge is 0.231 e. The zero-order valence-corrected chi connectivity index (χ0v) is 17.0. The van der Waals surface area contributed by atoms with Gasteiger partial charge in [-0.25, -0.2) is 14.4 Å². The molecule has 0 N–H and O–H groups in total. The lowest BCUT2D eigenvalue weighted by atomic mass is 9.97. The van der Waals surface area contributed by atoms with Gasteiger partial charge in [0, 0.05) is 23.5 Å². The predicted octanol–water partition coefficient (Wildman–Crippen LogP) is 4.88. The molecular formula is C21H20FN5OS. The number of nitrogens with zero attached hydrogens (tertiary/aromatic N) is 5. The van der Waals surface area contributed by atoms with Gasteiger partial charge in [0.1, 0.15) is 22.8 Å². The van der Waals surface area contributed by atoms with E-state index in [1.165, 1.54) is 22.6 Å². The first-order valence-corrected chi connectivity index (χ1v) is 10.5. The van der Waals surface area contributed by atoms with Gasteiger partial charge in [-0.1, -0.05) is 5.16 Å². The normalized spacial score (nSPS) is 17.2. The van der Waals surface area contributed by atoms with Crippen LogP contribution in [-0.2, 0) is 0 Å². The highest BCUT2D eigenvalue weighted by molar-refractivity contribution is 7.18. The van der Waals surface area contributed by atoms with Crippen LogP contribution >= 0.6 is 11.3 Å². The van der Waals surface area contributed by atoms with Crippen molar-refractivity contribution in [2.75, 3.05) is 18.0 Å². The number of anilines is 1.